The number of unbranched alkanes of at least 4 members (excludes halogenated alkanes) is 12. The topological polar surface area (TPSA) is 80.3 Å². The minimum Gasteiger partial charge on any atom is -0.550 e. The predicted molar refractivity (Wildman–Crippen MR) is 132 cm³/mol. The van der Waals surface area contributed by atoms with E-state index in [1.165, 1.54) is 64.2 Å². The van der Waals surface area contributed by atoms with Crippen LogP contribution in [-0.4, -0.2) is 11.9 Å². The Morgan fingerprint density at radius 1 is 0.455 bits per heavy atom. The molecule has 0 N–H and O–H groups in total. The van der Waals surface area contributed by atoms with E-state index in [0.29, 0.717) is 0 Å². The van der Waals surface area contributed by atoms with Crippen molar-refractivity contribution in [2.45, 2.75) is 156 Å². The largest absolute Gasteiger partial charge is 2.00 e. The molecule has 0 radical (unpaired) electrons. The molecule has 0 aromatic heterocycles. The summed E-state index contributed by atoms with van der Waals surface area (Å²) in [4.78, 5) is 21.7. The molecule has 0 spiro atoms. The third-order valence-corrected chi connectivity index (χ3v) is 6.29. The van der Waals surface area contributed by atoms with E-state index in [9.17, 15) is 19.8 Å². The van der Waals surface area contributed by atoms with Gasteiger partial charge in [0.15, 0.2) is 0 Å². The van der Waals surface area contributed by atoms with E-state index in [0.717, 1.165) is 64.2 Å². The van der Waals surface area contributed by atoms with Crippen LogP contribution < -0.4 is 10.2 Å². The van der Waals surface area contributed by atoms with Crippen LogP contribution >= 0.6 is 0 Å². The molecule has 0 rings (SSSR count). The molecule has 0 amide bonds. The zero-order chi connectivity index (χ0) is 24.5. The second-order valence-corrected chi connectivity index (χ2v) is 9.43. The smallest absolute Gasteiger partial charge is 0.550 e. The fraction of sp³-hybridized carbons (Fsp3) is 0.929. The van der Waals surface area contributed by atoms with E-state index < -0.39 is 11.9 Å². The molecule has 0 aliphatic heterocycles. The number of carboxylic acids is 2. The van der Waals surface area contributed by atoms with Crippen molar-refractivity contribution in [3.63, 3.8) is 0 Å². The normalized spacial score (nSPS) is 12.2. The van der Waals surface area contributed by atoms with E-state index >= 15 is 0 Å². The summed E-state index contributed by atoms with van der Waals surface area (Å²) >= 11 is 0. The van der Waals surface area contributed by atoms with Crippen molar-refractivity contribution in [3.8, 4) is 0 Å². The molecule has 4 nitrogen and oxygen atoms in total. The molecular formula is C28H54HgO4. The third-order valence-electron chi connectivity index (χ3n) is 6.29. The van der Waals surface area contributed by atoms with Crippen molar-refractivity contribution >= 4 is 11.9 Å². The van der Waals surface area contributed by atoms with Gasteiger partial charge >= 0.3 is 27.7 Å². The summed E-state index contributed by atoms with van der Waals surface area (Å²) in [6, 6.07) is 0. The van der Waals surface area contributed by atoms with E-state index in [2.05, 4.69) is 27.7 Å². The van der Waals surface area contributed by atoms with Crippen molar-refractivity contribution in [2.75, 3.05) is 0 Å². The maximum absolute atomic E-state index is 10.9. The van der Waals surface area contributed by atoms with Crippen LogP contribution in [0.1, 0.15) is 156 Å². The number of carbonyl (C=O) groups is 2. The Bertz CT molecular complexity index is 377. The predicted octanol–water partition coefficient (Wildman–Crippen LogP) is 6.58. The zero-order valence-corrected chi connectivity index (χ0v) is 28.1. The first-order valence-corrected chi connectivity index (χ1v) is 13.9. The molecule has 0 saturated heterocycles. The third kappa shape index (κ3) is 28.0. The van der Waals surface area contributed by atoms with E-state index in [4.69, 9.17) is 0 Å². The number of aliphatic carboxylic acids is 2. The maximum atomic E-state index is 10.9. The summed E-state index contributed by atoms with van der Waals surface area (Å²) in [6.07, 6.45) is 22.1. The van der Waals surface area contributed by atoms with Crippen molar-refractivity contribution in [1.29, 1.82) is 0 Å². The SMILES string of the molecule is CCCCCCCCC(CCCC)C(=O)[O-].CCCCCCCCC(CCCC)C(=O)[O-].[Hg+2]. The standard InChI is InChI=1S/2C14H28O2.Hg/c2*1-3-5-7-8-9-10-12-13(14(15)16)11-6-4-2;/h2*13H,3-12H2,1-2H3,(H,15,16);/q;;+2/p-2. The van der Waals surface area contributed by atoms with Gasteiger partial charge in [-0.05, 0) is 37.5 Å². The van der Waals surface area contributed by atoms with Gasteiger partial charge in [0.1, 0.15) is 0 Å². The first-order chi connectivity index (χ1) is 15.4. The molecule has 0 fully saturated rings. The molecule has 0 bridgehead atoms. The number of hydrogen-bond acceptors (Lipinski definition) is 4. The fourth-order valence-corrected chi connectivity index (χ4v) is 4.00. The Hall–Kier alpha value is -0.125. The average molecular weight is 655 g/mol. The summed E-state index contributed by atoms with van der Waals surface area (Å²) < 4.78 is 0. The van der Waals surface area contributed by atoms with Crippen LogP contribution in [0.5, 0.6) is 0 Å². The van der Waals surface area contributed by atoms with Crippen LogP contribution in [-0.2, 0) is 37.3 Å². The van der Waals surface area contributed by atoms with Gasteiger partial charge in [-0.15, -0.1) is 0 Å². The first kappa shape index (κ1) is 37.4. The van der Waals surface area contributed by atoms with Gasteiger partial charge < -0.3 is 19.8 Å². The van der Waals surface area contributed by atoms with Gasteiger partial charge in [0.05, 0.1) is 0 Å². The van der Waals surface area contributed by atoms with Gasteiger partial charge in [-0.25, -0.2) is 0 Å². The second-order valence-electron chi connectivity index (χ2n) is 9.43. The molecule has 0 aliphatic rings. The van der Waals surface area contributed by atoms with Gasteiger partial charge in [0.25, 0.3) is 0 Å². The molecule has 33 heavy (non-hydrogen) atoms. The van der Waals surface area contributed by atoms with Crippen LogP contribution in [0.25, 0.3) is 0 Å². The molecule has 0 saturated carbocycles. The number of carbonyl (C=O) groups excluding carboxylic acids is 2. The Balaban J connectivity index is -0.000000529. The van der Waals surface area contributed by atoms with E-state index in [-0.39, 0.29) is 39.5 Å². The summed E-state index contributed by atoms with van der Waals surface area (Å²) in [5.41, 5.74) is 0. The van der Waals surface area contributed by atoms with Crippen LogP contribution in [0.2, 0.25) is 0 Å². The van der Waals surface area contributed by atoms with Crippen LogP contribution in [0.4, 0.5) is 0 Å². The molecule has 2 unspecified atom stereocenters. The molecule has 192 valence electrons. The summed E-state index contributed by atoms with van der Waals surface area (Å²) in [5.74, 6) is -2.10. The van der Waals surface area contributed by atoms with Gasteiger partial charge in [0.2, 0.25) is 0 Å². The Morgan fingerprint density at radius 3 is 0.970 bits per heavy atom. The molecule has 0 aromatic carbocycles. The van der Waals surface area contributed by atoms with E-state index in [1.54, 1.807) is 0 Å². The van der Waals surface area contributed by atoms with E-state index in [1.807, 2.05) is 0 Å². The van der Waals surface area contributed by atoms with Crippen molar-refractivity contribution in [2.24, 2.45) is 11.8 Å². The van der Waals surface area contributed by atoms with Gasteiger partial charge in [-0.3, -0.25) is 0 Å². The summed E-state index contributed by atoms with van der Waals surface area (Å²) in [7, 11) is 0. The zero-order valence-electron chi connectivity index (χ0n) is 22.6. The number of carboxylic acid groups (broad SMARTS) is 2. The molecule has 0 heterocycles. The fourth-order valence-electron chi connectivity index (χ4n) is 4.00. The molecule has 5 heteroatoms. The minimum atomic E-state index is -0.845. The first-order valence-electron chi connectivity index (χ1n) is 13.9. The number of rotatable bonds is 22. The van der Waals surface area contributed by atoms with Crippen LogP contribution in [0.3, 0.4) is 0 Å². The van der Waals surface area contributed by atoms with Gasteiger partial charge in [-0.2, -0.15) is 0 Å². The maximum Gasteiger partial charge on any atom is 2.00 e. The minimum absolute atomic E-state index is 0. The summed E-state index contributed by atoms with van der Waals surface area (Å²) in [5, 5.41) is 21.7. The van der Waals surface area contributed by atoms with Gasteiger partial charge in [0, 0.05) is 11.9 Å². The molecule has 0 aliphatic carbocycles. The second kappa shape index (κ2) is 29.9. The Labute approximate surface area is 226 Å². The Kier molecular flexibility index (Phi) is 33.9. The average Bonchev–Trinajstić information content (AvgIpc) is 2.77. The summed E-state index contributed by atoms with van der Waals surface area (Å²) in [6.45, 7) is 8.60. The van der Waals surface area contributed by atoms with Crippen molar-refractivity contribution in [3.05, 3.63) is 0 Å². The molecular weight excluding hydrogens is 601 g/mol. The molecule has 2 atom stereocenters. The monoisotopic (exact) mass is 656 g/mol. The number of hydrogen-bond donors (Lipinski definition) is 0. The van der Waals surface area contributed by atoms with Crippen LogP contribution in [0.15, 0.2) is 0 Å². The Morgan fingerprint density at radius 2 is 0.697 bits per heavy atom. The molecule has 0 aromatic rings. The van der Waals surface area contributed by atoms with Crippen molar-refractivity contribution < 1.29 is 47.5 Å². The van der Waals surface area contributed by atoms with Crippen LogP contribution in [0, 0.1) is 11.8 Å². The van der Waals surface area contributed by atoms with Gasteiger partial charge in [-0.1, -0.05) is 130 Å². The van der Waals surface area contributed by atoms with Crippen molar-refractivity contribution in [1.82, 2.24) is 0 Å². The quantitative estimate of drug-likeness (QED) is 0.0975.